The highest BCUT2D eigenvalue weighted by Gasteiger charge is 2.22. The minimum atomic E-state index is 0.481. The van der Waals surface area contributed by atoms with E-state index in [9.17, 15) is 0 Å². The van der Waals surface area contributed by atoms with Gasteiger partial charge in [-0.05, 0) is 49.9 Å². The van der Waals surface area contributed by atoms with Crippen LogP contribution in [0.4, 0.5) is 5.69 Å². The van der Waals surface area contributed by atoms with Gasteiger partial charge in [0.05, 0.1) is 5.69 Å². The molecule has 1 saturated heterocycles. The average molecular weight is 361 g/mol. The van der Waals surface area contributed by atoms with Gasteiger partial charge >= 0.3 is 0 Å². The molecule has 0 saturated carbocycles. The number of benzene rings is 1. The third-order valence-electron chi connectivity index (χ3n) is 5.11. The molecule has 0 spiro atoms. The molecule has 1 atom stereocenters. The number of nitrogens with zero attached hydrogens (tertiary/aromatic N) is 3. The lowest BCUT2D eigenvalue weighted by molar-refractivity contribution is 0.208. The molecule has 0 bridgehead atoms. The largest absolute Gasteiger partial charge is 0.381 e. The van der Waals surface area contributed by atoms with Crippen molar-refractivity contribution >= 4 is 17.3 Å². The molecule has 1 N–H and O–H groups in total. The molecular formula is C20H29ClN4. The molecule has 25 heavy (non-hydrogen) atoms. The third-order valence-corrected chi connectivity index (χ3v) is 5.58. The number of hydrogen-bond acceptors (Lipinski definition) is 3. The second-order valence-corrected chi connectivity index (χ2v) is 7.83. The SMILES string of the molecule is Cc1nn(C)c(Cl)c1CN1CCCC(Nc2ccc(C(C)C)cc2)C1. The number of hydrogen-bond donors (Lipinski definition) is 1. The van der Waals surface area contributed by atoms with E-state index in [1.165, 1.54) is 24.1 Å². The smallest absolute Gasteiger partial charge is 0.131 e. The Morgan fingerprint density at radius 2 is 2.00 bits per heavy atom. The zero-order valence-electron chi connectivity index (χ0n) is 15.7. The number of likely N-dealkylation sites (tertiary alicyclic amines) is 1. The van der Waals surface area contributed by atoms with Crippen LogP contribution in [0, 0.1) is 6.92 Å². The summed E-state index contributed by atoms with van der Waals surface area (Å²) >= 11 is 6.40. The second-order valence-electron chi connectivity index (χ2n) is 7.47. The van der Waals surface area contributed by atoms with E-state index in [2.05, 4.69) is 53.4 Å². The van der Waals surface area contributed by atoms with Gasteiger partial charge in [-0.15, -0.1) is 0 Å². The lowest BCUT2D eigenvalue weighted by Crippen LogP contribution is -2.41. The van der Waals surface area contributed by atoms with Crippen molar-refractivity contribution in [1.82, 2.24) is 14.7 Å². The van der Waals surface area contributed by atoms with Crippen LogP contribution in [0.2, 0.25) is 5.15 Å². The fourth-order valence-corrected chi connectivity index (χ4v) is 3.83. The quantitative estimate of drug-likeness (QED) is 0.847. The van der Waals surface area contributed by atoms with Crippen LogP contribution in [0.15, 0.2) is 24.3 Å². The normalized spacial score (nSPS) is 18.7. The molecule has 4 nitrogen and oxygen atoms in total. The van der Waals surface area contributed by atoms with Crippen molar-refractivity contribution in [2.75, 3.05) is 18.4 Å². The van der Waals surface area contributed by atoms with E-state index in [4.69, 9.17) is 11.6 Å². The van der Waals surface area contributed by atoms with E-state index >= 15 is 0 Å². The lowest BCUT2D eigenvalue weighted by atomic mass is 10.0. The van der Waals surface area contributed by atoms with Gasteiger partial charge < -0.3 is 5.32 Å². The van der Waals surface area contributed by atoms with Gasteiger partial charge in [-0.3, -0.25) is 9.58 Å². The molecule has 0 aliphatic carbocycles. The second kappa shape index (κ2) is 7.79. The summed E-state index contributed by atoms with van der Waals surface area (Å²) in [4.78, 5) is 2.49. The van der Waals surface area contributed by atoms with Crippen molar-refractivity contribution in [2.45, 2.75) is 52.1 Å². The molecule has 3 rings (SSSR count). The van der Waals surface area contributed by atoms with Gasteiger partial charge in [0.1, 0.15) is 5.15 Å². The number of halogens is 1. The Balaban J connectivity index is 1.61. The summed E-state index contributed by atoms with van der Waals surface area (Å²) in [5.74, 6) is 0.576. The molecule has 2 heterocycles. The summed E-state index contributed by atoms with van der Waals surface area (Å²) in [5, 5.41) is 8.89. The summed E-state index contributed by atoms with van der Waals surface area (Å²) in [6.45, 7) is 9.53. The maximum atomic E-state index is 6.40. The fraction of sp³-hybridized carbons (Fsp3) is 0.550. The Hall–Kier alpha value is -1.52. The lowest BCUT2D eigenvalue weighted by Gasteiger charge is -2.33. The first-order chi connectivity index (χ1) is 11.9. The number of piperidine rings is 1. The van der Waals surface area contributed by atoms with Crippen molar-refractivity contribution in [3.05, 3.63) is 46.2 Å². The van der Waals surface area contributed by atoms with Crippen LogP contribution in [-0.2, 0) is 13.6 Å². The molecule has 1 unspecified atom stereocenters. The number of aromatic nitrogens is 2. The van der Waals surface area contributed by atoms with Crippen molar-refractivity contribution in [3.63, 3.8) is 0 Å². The Kier molecular flexibility index (Phi) is 5.70. The third kappa shape index (κ3) is 4.36. The van der Waals surface area contributed by atoms with Crippen LogP contribution in [0.5, 0.6) is 0 Å². The van der Waals surface area contributed by atoms with E-state index in [0.29, 0.717) is 12.0 Å². The first-order valence-corrected chi connectivity index (χ1v) is 9.58. The van der Waals surface area contributed by atoms with Crippen LogP contribution < -0.4 is 5.32 Å². The zero-order valence-corrected chi connectivity index (χ0v) is 16.5. The van der Waals surface area contributed by atoms with Gasteiger partial charge in [0.2, 0.25) is 0 Å². The molecule has 1 aromatic carbocycles. The molecule has 136 valence electrons. The standard InChI is InChI=1S/C20H29ClN4/c1-14(2)16-7-9-17(10-8-16)22-18-6-5-11-25(12-18)13-19-15(3)23-24(4)20(19)21/h7-10,14,18,22H,5-6,11-13H2,1-4H3. The van der Waals surface area contributed by atoms with Crippen LogP contribution in [0.3, 0.4) is 0 Å². The predicted molar refractivity (Wildman–Crippen MR) is 105 cm³/mol. The summed E-state index contributed by atoms with van der Waals surface area (Å²) in [6, 6.07) is 9.35. The highest BCUT2D eigenvalue weighted by molar-refractivity contribution is 6.30. The predicted octanol–water partition coefficient (Wildman–Crippen LogP) is 4.58. The summed E-state index contributed by atoms with van der Waals surface area (Å²) in [5.41, 5.74) is 4.79. The number of aryl methyl sites for hydroxylation is 2. The zero-order chi connectivity index (χ0) is 18.0. The molecule has 1 aliphatic heterocycles. The van der Waals surface area contributed by atoms with Gasteiger partial charge in [0, 0.05) is 37.4 Å². The number of rotatable bonds is 5. The number of anilines is 1. The minimum Gasteiger partial charge on any atom is -0.381 e. The monoisotopic (exact) mass is 360 g/mol. The summed E-state index contributed by atoms with van der Waals surface area (Å²) in [6.07, 6.45) is 2.42. The van der Waals surface area contributed by atoms with Gasteiger partial charge in [-0.2, -0.15) is 5.10 Å². The molecule has 1 aliphatic rings. The van der Waals surface area contributed by atoms with E-state index < -0.39 is 0 Å². The van der Waals surface area contributed by atoms with Crippen molar-refractivity contribution < 1.29 is 0 Å². The fourth-order valence-electron chi connectivity index (χ4n) is 3.59. The summed E-state index contributed by atoms with van der Waals surface area (Å²) < 4.78 is 1.77. The molecule has 0 amide bonds. The van der Waals surface area contributed by atoms with Gasteiger partial charge in [-0.25, -0.2) is 0 Å². The Labute approximate surface area is 156 Å². The van der Waals surface area contributed by atoms with Gasteiger partial charge in [0.15, 0.2) is 0 Å². The van der Waals surface area contributed by atoms with Crippen LogP contribution in [0.1, 0.15) is 49.4 Å². The van der Waals surface area contributed by atoms with E-state index in [1.54, 1.807) is 4.68 Å². The van der Waals surface area contributed by atoms with Gasteiger partial charge in [0.25, 0.3) is 0 Å². The van der Waals surface area contributed by atoms with E-state index in [-0.39, 0.29) is 0 Å². The van der Waals surface area contributed by atoms with Crippen LogP contribution in [0.25, 0.3) is 0 Å². The molecular weight excluding hydrogens is 332 g/mol. The molecule has 1 fully saturated rings. The van der Waals surface area contributed by atoms with Crippen molar-refractivity contribution in [2.24, 2.45) is 7.05 Å². The van der Waals surface area contributed by atoms with E-state index in [1.807, 2.05) is 14.0 Å². The van der Waals surface area contributed by atoms with Crippen LogP contribution >= 0.6 is 11.6 Å². The first kappa shape index (κ1) is 18.3. The minimum absolute atomic E-state index is 0.481. The average Bonchev–Trinajstić information content (AvgIpc) is 2.82. The maximum Gasteiger partial charge on any atom is 0.131 e. The topological polar surface area (TPSA) is 33.1 Å². The molecule has 0 radical (unpaired) electrons. The van der Waals surface area contributed by atoms with Crippen molar-refractivity contribution in [3.8, 4) is 0 Å². The Bertz CT molecular complexity index is 705. The Morgan fingerprint density at radius 3 is 2.60 bits per heavy atom. The molecule has 5 heteroatoms. The molecule has 1 aromatic heterocycles. The number of nitrogens with one attached hydrogen (secondary N) is 1. The summed E-state index contributed by atoms with van der Waals surface area (Å²) in [7, 11) is 1.90. The van der Waals surface area contributed by atoms with Crippen LogP contribution in [-0.4, -0.2) is 33.8 Å². The van der Waals surface area contributed by atoms with Crippen molar-refractivity contribution in [1.29, 1.82) is 0 Å². The molecule has 2 aromatic rings. The van der Waals surface area contributed by atoms with E-state index in [0.717, 1.165) is 36.0 Å². The first-order valence-electron chi connectivity index (χ1n) is 9.21. The maximum absolute atomic E-state index is 6.40. The highest BCUT2D eigenvalue weighted by Crippen LogP contribution is 2.24. The Morgan fingerprint density at radius 1 is 1.28 bits per heavy atom. The van der Waals surface area contributed by atoms with Gasteiger partial charge in [-0.1, -0.05) is 37.6 Å². The highest BCUT2D eigenvalue weighted by atomic mass is 35.5.